The third-order valence-corrected chi connectivity index (χ3v) is 5.11. The van der Waals surface area contributed by atoms with Crippen LogP contribution in [0.25, 0.3) is 11.1 Å². The summed E-state index contributed by atoms with van der Waals surface area (Å²) in [6, 6.07) is 13.2. The molecule has 1 aliphatic heterocycles. The van der Waals surface area contributed by atoms with Crippen LogP contribution < -0.4 is 10.5 Å². The molecule has 4 rings (SSSR count). The van der Waals surface area contributed by atoms with Crippen LogP contribution in [-0.4, -0.2) is 24.3 Å². The molecule has 2 N–H and O–H groups in total. The van der Waals surface area contributed by atoms with Crippen LogP contribution in [0.4, 0.5) is 8.78 Å². The minimum Gasteiger partial charge on any atom is -0.457 e. The molecule has 0 aromatic heterocycles. The van der Waals surface area contributed by atoms with Gasteiger partial charge in [0.05, 0.1) is 5.02 Å². The van der Waals surface area contributed by atoms with E-state index in [-0.39, 0.29) is 11.0 Å². The molecule has 152 valence electrons. The predicted molar refractivity (Wildman–Crippen MR) is 111 cm³/mol. The third-order valence-electron chi connectivity index (χ3n) is 4.82. The van der Waals surface area contributed by atoms with E-state index in [1.54, 1.807) is 24.3 Å². The molecule has 1 atom stereocenters. The number of carbonyl (C=O) groups excluding carboxylic acids is 1. The molecule has 0 aliphatic carbocycles. The Morgan fingerprint density at radius 2 is 1.70 bits per heavy atom. The molecule has 0 fully saturated rings. The predicted octanol–water partition coefficient (Wildman–Crippen LogP) is 4.88. The van der Waals surface area contributed by atoms with Crippen molar-refractivity contribution in [1.29, 1.82) is 0 Å². The van der Waals surface area contributed by atoms with Crippen molar-refractivity contribution in [3.8, 4) is 22.6 Å². The van der Waals surface area contributed by atoms with Crippen LogP contribution in [0.5, 0.6) is 11.5 Å². The summed E-state index contributed by atoms with van der Waals surface area (Å²) in [5, 5.41) is 0.000287. The average molecular weight is 428 g/mol. The van der Waals surface area contributed by atoms with Gasteiger partial charge in [-0.2, -0.15) is 0 Å². The van der Waals surface area contributed by atoms with Gasteiger partial charge in [0.2, 0.25) is 6.41 Å². The molecule has 8 heteroatoms. The molecule has 1 aliphatic rings. The van der Waals surface area contributed by atoms with E-state index in [1.807, 2.05) is 0 Å². The van der Waals surface area contributed by atoms with E-state index in [2.05, 4.69) is 4.99 Å². The van der Waals surface area contributed by atoms with Gasteiger partial charge in [0, 0.05) is 18.2 Å². The number of nitrogens with zero attached hydrogens (tertiary/aromatic N) is 2. The quantitative estimate of drug-likeness (QED) is 0.368. The Bertz CT molecular complexity index is 1180. The van der Waals surface area contributed by atoms with Crippen LogP contribution in [0.3, 0.4) is 0 Å². The lowest BCUT2D eigenvalue weighted by atomic mass is 9.92. The number of rotatable bonds is 3. The Kier molecular flexibility index (Phi) is 5.13. The van der Waals surface area contributed by atoms with Gasteiger partial charge >= 0.3 is 0 Å². The summed E-state index contributed by atoms with van der Waals surface area (Å²) in [5.41, 5.74) is 8.47. The highest BCUT2D eigenvalue weighted by atomic mass is 35.5. The van der Waals surface area contributed by atoms with Gasteiger partial charge in [0.15, 0.2) is 5.96 Å². The summed E-state index contributed by atoms with van der Waals surface area (Å²) in [4.78, 5) is 16.6. The van der Waals surface area contributed by atoms with Crippen molar-refractivity contribution in [2.24, 2.45) is 10.7 Å². The van der Waals surface area contributed by atoms with E-state index < -0.39 is 17.7 Å². The van der Waals surface area contributed by atoms with Gasteiger partial charge in [0.1, 0.15) is 29.2 Å². The molecule has 0 bridgehead atoms. The Hall–Kier alpha value is -3.45. The smallest absolute Gasteiger partial charge is 0.216 e. The first-order valence-electron chi connectivity index (χ1n) is 8.95. The van der Waals surface area contributed by atoms with Gasteiger partial charge in [-0.25, -0.2) is 13.8 Å². The lowest BCUT2D eigenvalue weighted by molar-refractivity contribution is -0.114. The van der Waals surface area contributed by atoms with Gasteiger partial charge in [-0.05, 0) is 53.6 Å². The molecule has 1 amide bonds. The first kappa shape index (κ1) is 19.8. The summed E-state index contributed by atoms with van der Waals surface area (Å²) in [6.45, 7) is 0. The molecule has 0 saturated carbocycles. The molecule has 0 radical (unpaired) electrons. The Labute approximate surface area is 176 Å². The fourth-order valence-corrected chi connectivity index (χ4v) is 3.42. The number of guanidine groups is 1. The number of hydrogen-bond acceptors (Lipinski definition) is 3. The normalized spacial score (nSPS) is 15.1. The fourth-order valence-electron chi connectivity index (χ4n) is 3.24. The standard InChI is InChI=1S/C22H16ClF2N3O2/c1-28(11-29)22(26)27-21-15-8-12(13-2-5-18(25)17(23)9-13)3-6-19(15)30-20-7-4-14(24)10-16(20)21/h2-11,21H,1H3,(H2,26,27). The molecule has 3 aromatic rings. The second-order valence-electron chi connectivity index (χ2n) is 6.77. The van der Waals surface area contributed by atoms with Crippen LogP contribution in [-0.2, 0) is 4.79 Å². The Balaban J connectivity index is 1.88. The van der Waals surface area contributed by atoms with Crippen molar-refractivity contribution in [3.05, 3.63) is 82.4 Å². The van der Waals surface area contributed by atoms with Crippen LogP contribution in [0.2, 0.25) is 5.02 Å². The van der Waals surface area contributed by atoms with E-state index in [0.29, 0.717) is 34.6 Å². The molecule has 1 heterocycles. The van der Waals surface area contributed by atoms with Gasteiger partial charge in [-0.3, -0.25) is 9.69 Å². The van der Waals surface area contributed by atoms with E-state index >= 15 is 0 Å². The summed E-state index contributed by atoms with van der Waals surface area (Å²) in [6.07, 6.45) is 0.530. The first-order valence-corrected chi connectivity index (χ1v) is 9.33. The van der Waals surface area contributed by atoms with Crippen molar-refractivity contribution in [1.82, 2.24) is 4.90 Å². The van der Waals surface area contributed by atoms with E-state index in [0.717, 1.165) is 10.5 Å². The second-order valence-corrected chi connectivity index (χ2v) is 7.18. The average Bonchev–Trinajstić information content (AvgIpc) is 2.74. The summed E-state index contributed by atoms with van der Waals surface area (Å²) in [7, 11) is 1.47. The van der Waals surface area contributed by atoms with E-state index in [9.17, 15) is 13.6 Å². The maximum atomic E-state index is 14.0. The van der Waals surface area contributed by atoms with E-state index in [4.69, 9.17) is 22.1 Å². The van der Waals surface area contributed by atoms with Crippen LogP contribution >= 0.6 is 11.6 Å². The highest BCUT2D eigenvalue weighted by molar-refractivity contribution is 6.31. The van der Waals surface area contributed by atoms with Crippen molar-refractivity contribution in [2.45, 2.75) is 6.04 Å². The zero-order valence-electron chi connectivity index (χ0n) is 15.8. The van der Waals surface area contributed by atoms with E-state index in [1.165, 1.54) is 37.4 Å². The number of nitrogens with two attached hydrogens (primary N) is 1. The minimum atomic E-state index is -0.710. The summed E-state index contributed by atoms with van der Waals surface area (Å²) >= 11 is 5.92. The summed E-state index contributed by atoms with van der Waals surface area (Å²) in [5.74, 6) is -0.0468. The topological polar surface area (TPSA) is 67.9 Å². The zero-order valence-corrected chi connectivity index (χ0v) is 16.5. The lowest BCUT2D eigenvalue weighted by Crippen LogP contribution is -2.33. The van der Waals surface area contributed by atoms with Crippen LogP contribution in [0, 0.1) is 11.6 Å². The first-order chi connectivity index (χ1) is 14.4. The van der Waals surface area contributed by atoms with Crippen molar-refractivity contribution < 1.29 is 18.3 Å². The number of carbonyl (C=O) groups is 1. The number of hydrogen-bond donors (Lipinski definition) is 1. The molecule has 5 nitrogen and oxygen atoms in total. The Morgan fingerprint density at radius 1 is 1.07 bits per heavy atom. The summed E-state index contributed by atoms with van der Waals surface area (Å²) < 4.78 is 33.5. The largest absolute Gasteiger partial charge is 0.457 e. The van der Waals surface area contributed by atoms with Gasteiger partial charge in [-0.15, -0.1) is 0 Å². The maximum absolute atomic E-state index is 14.0. The fraction of sp³-hybridized carbons (Fsp3) is 0.0909. The zero-order chi connectivity index (χ0) is 21.4. The minimum absolute atomic E-state index is 0.000287. The van der Waals surface area contributed by atoms with Gasteiger partial charge in [-0.1, -0.05) is 23.7 Å². The number of fused-ring (bicyclic) bond motifs is 2. The number of benzene rings is 3. The lowest BCUT2D eigenvalue weighted by Gasteiger charge is -2.27. The van der Waals surface area contributed by atoms with Crippen molar-refractivity contribution in [3.63, 3.8) is 0 Å². The SMILES string of the molecule is CN(C=O)C(N)=NC1c2cc(F)ccc2Oc2ccc(-c3ccc(F)c(Cl)c3)cc21. The number of halogens is 3. The van der Waals surface area contributed by atoms with Crippen molar-refractivity contribution in [2.75, 3.05) is 7.05 Å². The van der Waals surface area contributed by atoms with Gasteiger partial charge in [0.25, 0.3) is 0 Å². The highest BCUT2D eigenvalue weighted by Gasteiger charge is 2.29. The Morgan fingerprint density at radius 3 is 2.40 bits per heavy atom. The molecule has 1 unspecified atom stereocenters. The molecule has 0 spiro atoms. The number of ether oxygens (including phenoxy) is 1. The third kappa shape index (κ3) is 3.59. The van der Waals surface area contributed by atoms with Gasteiger partial charge < -0.3 is 10.5 Å². The van der Waals surface area contributed by atoms with Crippen molar-refractivity contribution >= 4 is 24.0 Å². The van der Waals surface area contributed by atoms with Crippen LogP contribution in [0.15, 0.2) is 59.6 Å². The second kappa shape index (κ2) is 7.76. The molecular formula is C22H16ClF2N3O2. The monoisotopic (exact) mass is 427 g/mol. The number of aliphatic imine (C=N–C) groups is 1. The molecule has 30 heavy (non-hydrogen) atoms. The van der Waals surface area contributed by atoms with Crippen LogP contribution in [0.1, 0.15) is 17.2 Å². The molecule has 0 saturated heterocycles. The molecular weight excluding hydrogens is 412 g/mol. The molecule has 3 aromatic carbocycles. The highest BCUT2D eigenvalue weighted by Crippen LogP contribution is 2.46. The number of amides is 1. The maximum Gasteiger partial charge on any atom is 0.216 e.